The zero-order valence-corrected chi connectivity index (χ0v) is 16.1. The molecule has 2 atom stereocenters. The van der Waals surface area contributed by atoms with E-state index in [1.54, 1.807) is 5.56 Å². The number of fused-ring (bicyclic) bond motifs is 6. The summed E-state index contributed by atoms with van der Waals surface area (Å²) >= 11 is 6.06. The van der Waals surface area contributed by atoms with Gasteiger partial charge in [-0.15, -0.1) is 0 Å². The van der Waals surface area contributed by atoms with Crippen molar-refractivity contribution in [3.05, 3.63) is 69.9 Å². The number of aryl methyl sites for hydroxylation is 1. The summed E-state index contributed by atoms with van der Waals surface area (Å²) in [4.78, 5) is 2.60. The third-order valence-electron chi connectivity index (χ3n) is 5.98. The van der Waals surface area contributed by atoms with E-state index >= 15 is 0 Å². The zero-order chi connectivity index (χ0) is 17.8. The molecule has 0 amide bonds. The average molecular weight is 363 g/mol. The molecule has 1 aromatic heterocycles. The largest absolute Gasteiger partial charge is 0.318 e. The molecule has 0 N–H and O–H groups in total. The Morgan fingerprint density at radius 1 is 1.15 bits per heavy atom. The van der Waals surface area contributed by atoms with Gasteiger partial charge in [-0.1, -0.05) is 35.4 Å². The van der Waals surface area contributed by atoms with Crippen LogP contribution in [-0.2, 0) is 6.54 Å². The molecule has 3 aromatic rings. The van der Waals surface area contributed by atoms with Crippen molar-refractivity contribution in [3.8, 4) is 0 Å². The number of allylic oxidation sites excluding steroid dienone is 1. The van der Waals surface area contributed by atoms with Crippen LogP contribution in [0.2, 0.25) is 5.02 Å². The molecule has 0 spiro atoms. The molecule has 2 unspecified atom stereocenters. The lowest BCUT2D eigenvalue weighted by atomic mass is 9.93. The maximum Gasteiger partial charge on any atom is 0.0529 e. The summed E-state index contributed by atoms with van der Waals surface area (Å²) in [6, 6.07) is 15.0. The van der Waals surface area contributed by atoms with Gasteiger partial charge in [0.05, 0.1) is 5.52 Å². The van der Waals surface area contributed by atoms with Crippen molar-refractivity contribution < 1.29 is 0 Å². The lowest BCUT2D eigenvalue weighted by Crippen LogP contribution is -2.25. The van der Waals surface area contributed by atoms with Crippen LogP contribution in [0.3, 0.4) is 0 Å². The van der Waals surface area contributed by atoms with Gasteiger partial charge in [-0.05, 0) is 67.8 Å². The summed E-state index contributed by atoms with van der Waals surface area (Å²) in [7, 11) is 0. The number of hydrogen-bond acceptors (Lipinski definition) is 1. The van der Waals surface area contributed by atoms with E-state index in [9.17, 15) is 0 Å². The second-order valence-corrected chi connectivity index (χ2v) is 8.23. The lowest BCUT2D eigenvalue weighted by Gasteiger charge is -2.24. The smallest absolute Gasteiger partial charge is 0.0529 e. The molecule has 2 nitrogen and oxygen atoms in total. The predicted octanol–water partition coefficient (Wildman–Crippen LogP) is 5.92. The highest BCUT2D eigenvalue weighted by molar-refractivity contribution is 6.30. The molecule has 2 bridgehead atoms. The van der Waals surface area contributed by atoms with E-state index in [1.807, 2.05) is 12.1 Å². The molecule has 5 rings (SSSR count). The Hall–Kier alpha value is -2.03. The summed E-state index contributed by atoms with van der Waals surface area (Å²) in [5.74, 6) is 0.688. The van der Waals surface area contributed by atoms with Crippen molar-refractivity contribution in [2.75, 3.05) is 13.1 Å². The first-order chi connectivity index (χ1) is 12.6. The van der Waals surface area contributed by atoms with Crippen molar-refractivity contribution in [2.24, 2.45) is 0 Å². The minimum absolute atomic E-state index is 0.688. The molecule has 2 aliphatic rings. The van der Waals surface area contributed by atoms with Crippen molar-refractivity contribution in [2.45, 2.75) is 32.7 Å². The third-order valence-corrected chi connectivity index (χ3v) is 6.23. The normalized spacial score (nSPS) is 22.0. The van der Waals surface area contributed by atoms with Gasteiger partial charge in [-0.25, -0.2) is 0 Å². The molecule has 2 aliphatic heterocycles. The SMILES string of the molecule is C/C(=C\n1c2c(c3cc(C)ccc31)C1CCN(C2)C1)c1ccc(Cl)cc1. The summed E-state index contributed by atoms with van der Waals surface area (Å²) < 4.78 is 2.44. The van der Waals surface area contributed by atoms with Crippen LogP contribution in [0.4, 0.5) is 0 Å². The first-order valence-corrected chi connectivity index (χ1v) is 9.78. The molecular formula is C23H23ClN2. The molecule has 0 radical (unpaired) electrons. The van der Waals surface area contributed by atoms with Gasteiger partial charge >= 0.3 is 0 Å². The van der Waals surface area contributed by atoms with E-state index in [4.69, 9.17) is 11.6 Å². The van der Waals surface area contributed by atoms with Crippen LogP contribution in [0.5, 0.6) is 0 Å². The van der Waals surface area contributed by atoms with E-state index < -0.39 is 0 Å². The van der Waals surface area contributed by atoms with Crippen LogP contribution in [0.25, 0.3) is 22.7 Å². The summed E-state index contributed by atoms with van der Waals surface area (Å²) in [5.41, 5.74) is 8.23. The predicted molar refractivity (Wildman–Crippen MR) is 111 cm³/mol. The fourth-order valence-corrected chi connectivity index (χ4v) is 4.80. The van der Waals surface area contributed by atoms with Crippen molar-refractivity contribution in [1.29, 1.82) is 0 Å². The van der Waals surface area contributed by atoms with E-state index in [-0.39, 0.29) is 0 Å². The number of benzene rings is 2. The van der Waals surface area contributed by atoms with E-state index in [1.165, 1.54) is 52.8 Å². The second-order valence-electron chi connectivity index (χ2n) is 7.79. The molecule has 2 aromatic carbocycles. The Labute approximate surface area is 159 Å². The van der Waals surface area contributed by atoms with Gasteiger partial charge in [0.15, 0.2) is 0 Å². The van der Waals surface area contributed by atoms with E-state index in [2.05, 4.69) is 59.8 Å². The summed E-state index contributed by atoms with van der Waals surface area (Å²) in [6.07, 6.45) is 3.60. The van der Waals surface area contributed by atoms with Gasteiger partial charge in [0.2, 0.25) is 0 Å². The Morgan fingerprint density at radius 3 is 2.77 bits per heavy atom. The van der Waals surface area contributed by atoms with Crippen LogP contribution >= 0.6 is 11.6 Å². The highest BCUT2D eigenvalue weighted by atomic mass is 35.5. The quantitative estimate of drug-likeness (QED) is 0.549. The van der Waals surface area contributed by atoms with Crippen molar-refractivity contribution >= 4 is 34.3 Å². The van der Waals surface area contributed by atoms with Gasteiger partial charge in [0, 0.05) is 41.3 Å². The first kappa shape index (κ1) is 16.2. The number of hydrogen-bond donors (Lipinski definition) is 0. The summed E-state index contributed by atoms with van der Waals surface area (Å²) in [6.45, 7) is 7.89. The average Bonchev–Trinajstić information content (AvgIpc) is 3.15. The fraction of sp³-hybridized carbons (Fsp3) is 0.304. The maximum atomic E-state index is 6.06. The minimum atomic E-state index is 0.688. The maximum absolute atomic E-state index is 6.06. The molecule has 132 valence electrons. The Kier molecular flexibility index (Phi) is 3.73. The minimum Gasteiger partial charge on any atom is -0.318 e. The molecule has 1 saturated heterocycles. The fourth-order valence-electron chi connectivity index (χ4n) is 4.68. The van der Waals surface area contributed by atoms with E-state index in [0.717, 1.165) is 11.6 Å². The number of halogens is 1. The molecule has 0 saturated carbocycles. The first-order valence-electron chi connectivity index (χ1n) is 9.40. The molecule has 3 heteroatoms. The number of nitrogens with zero attached hydrogens (tertiary/aromatic N) is 2. The molecule has 3 heterocycles. The van der Waals surface area contributed by atoms with Crippen LogP contribution in [0.15, 0.2) is 42.5 Å². The van der Waals surface area contributed by atoms with E-state index in [0.29, 0.717) is 5.92 Å². The lowest BCUT2D eigenvalue weighted by molar-refractivity contribution is 0.308. The van der Waals surface area contributed by atoms with Crippen molar-refractivity contribution in [1.82, 2.24) is 9.47 Å². The number of aromatic nitrogens is 1. The summed E-state index contributed by atoms with van der Waals surface area (Å²) in [5, 5.41) is 2.23. The topological polar surface area (TPSA) is 8.17 Å². The highest BCUT2D eigenvalue weighted by Crippen LogP contribution is 2.42. The zero-order valence-electron chi connectivity index (χ0n) is 15.3. The van der Waals surface area contributed by atoms with Gasteiger partial charge < -0.3 is 4.57 Å². The van der Waals surface area contributed by atoms with Crippen LogP contribution in [-0.4, -0.2) is 22.6 Å². The second kappa shape index (κ2) is 6.00. The Balaban J connectivity index is 1.72. The van der Waals surface area contributed by atoms with Crippen LogP contribution < -0.4 is 0 Å². The Morgan fingerprint density at radius 2 is 1.96 bits per heavy atom. The molecule has 26 heavy (non-hydrogen) atoms. The van der Waals surface area contributed by atoms with Crippen LogP contribution in [0.1, 0.15) is 41.6 Å². The monoisotopic (exact) mass is 362 g/mol. The van der Waals surface area contributed by atoms with Gasteiger partial charge in [-0.2, -0.15) is 0 Å². The Bertz CT molecular complexity index is 1030. The third kappa shape index (κ3) is 2.52. The van der Waals surface area contributed by atoms with Gasteiger partial charge in [0.1, 0.15) is 0 Å². The van der Waals surface area contributed by atoms with Gasteiger partial charge in [0.25, 0.3) is 0 Å². The standard InChI is InChI=1S/C23H23ClN2/c1-15-3-8-21-20(11-15)23-18-9-10-25(13-18)14-22(23)26(21)12-16(2)17-4-6-19(24)7-5-17/h3-8,11-12,18H,9-10,13-14H2,1-2H3/b16-12+. The molecule has 1 fully saturated rings. The highest BCUT2D eigenvalue weighted by Gasteiger charge is 2.35. The molecule has 0 aliphatic carbocycles. The molecular weight excluding hydrogens is 340 g/mol. The van der Waals surface area contributed by atoms with Crippen LogP contribution in [0, 0.1) is 6.92 Å². The van der Waals surface area contributed by atoms with Crippen molar-refractivity contribution in [3.63, 3.8) is 0 Å². The van der Waals surface area contributed by atoms with Gasteiger partial charge in [-0.3, -0.25) is 4.90 Å². The number of rotatable bonds is 2.